The van der Waals surface area contributed by atoms with E-state index < -0.39 is 88.8 Å². The van der Waals surface area contributed by atoms with E-state index in [1.54, 1.807) is 0 Å². The van der Waals surface area contributed by atoms with Crippen molar-refractivity contribution in [3.05, 3.63) is 23.8 Å². The summed E-state index contributed by atoms with van der Waals surface area (Å²) in [5.41, 5.74) is -0.613. The van der Waals surface area contributed by atoms with E-state index in [9.17, 15) is 19.8 Å². The number of esters is 1. The molecule has 2 spiro atoms. The van der Waals surface area contributed by atoms with Crippen molar-refractivity contribution in [2.24, 2.45) is 23.7 Å². The monoisotopic (exact) mass is 856 g/mol. The summed E-state index contributed by atoms with van der Waals surface area (Å²) in [7, 11) is 0. The van der Waals surface area contributed by atoms with Crippen molar-refractivity contribution in [1.82, 2.24) is 0 Å². The molecular formula is C48H72O13. The Morgan fingerprint density at radius 1 is 0.770 bits per heavy atom. The first kappa shape index (κ1) is 44.4. The Balaban J connectivity index is 1.00. The molecule has 0 saturated carbocycles. The molecule has 19 atom stereocenters. The largest absolute Gasteiger partial charge is 0.459 e. The van der Waals surface area contributed by atoms with Crippen LogP contribution in [0.4, 0.5) is 0 Å². The Morgan fingerprint density at radius 2 is 1.56 bits per heavy atom. The van der Waals surface area contributed by atoms with Gasteiger partial charge in [-0.1, -0.05) is 44.6 Å². The normalized spacial score (nSPS) is 55.7. The molecule has 0 aromatic rings. The zero-order valence-electron chi connectivity index (χ0n) is 37.7. The number of fused-ring (bicyclic) bond motifs is 10. The molecule has 0 aliphatic carbocycles. The Kier molecular flexibility index (Phi) is 11.6. The lowest BCUT2D eigenvalue weighted by atomic mass is 9.82. The fourth-order valence-electron chi connectivity index (χ4n) is 12.7. The first-order valence-corrected chi connectivity index (χ1v) is 23.6. The molecule has 61 heavy (non-hydrogen) atoms. The van der Waals surface area contributed by atoms with Crippen LogP contribution in [0.2, 0.25) is 0 Å². The second-order valence-electron chi connectivity index (χ2n) is 21.6. The Morgan fingerprint density at radius 3 is 2.36 bits per heavy atom. The van der Waals surface area contributed by atoms with E-state index in [1.807, 2.05) is 39.8 Å². The highest BCUT2D eigenvalue weighted by Gasteiger charge is 2.64. The SMILES string of the molecule is CC1=C/[C@@H](C)C[C@]2(C)CC[C@H](O2)[C@]23CC[C@](C)(C[C@H](O2)C2O[C@@](C)(CC2=O)[C@H](C)[C@H]2CC[C@@]4(CCC[C@@H](O4)[C@H](C)C(=O)O[C@H]4CC([C@]5(O)OCC[C@H](C)[C@@H]5O)OC4\C=C\1)O2)O3. The van der Waals surface area contributed by atoms with Crippen molar-refractivity contribution < 1.29 is 62.4 Å². The smallest absolute Gasteiger partial charge is 0.311 e. The average Bonchev–Trinajstić information content (AvgIpc) is 4.02. The van der Waals surface area contributed by atoms with Crippen LogP contribution >= 0.6 is 0 Å². The van der Waals surface area contributed by atoms with Crippen LogP contribution in [0.1, 0.15) is 145 Å². The van der Waals surface area contributed by atoms with Gasteiger partial charge in [-0.05, 0) is 97.8 Å². The highest BCUT2D eigenvalue weighted by atomic mass is 16.8. The van der Waals surface area contributed by atoms with Crippen molar-refractivity contribution in [1.29, 1.82) is 0 Å². The summed E-state index contributed by atoms with van der Waals surface area (Å²) >= 11 is 0. The van der Waals surface area contributed by atoms with Gasteiger partial charge in [0.2, 0.25) is 5.79 Å². The third-order valence-corrected chi connectivity index (χ3v) is 16.5. The van der Waals surface area contributed by atoms with E-state index in [1.165, 1.54) is 0 Å². The van der Waals surface area contributed by atoms with Gasteiger partial charge in [0.05, 0.1) is 47.6 Å². The predicted octanol–water partition coefficient (Wildman–Crippen LogP) is 6.53. The average molecular weight is 857 g/mol. The number of aliphatic hydroxyl groups excluding tert-OH is 1. The van der Waals surface area contributed by atoms with E-state index in [0.717, 1.165) is 44.1 Å². The van der Waals surface area contributed by atoms with Gasteiger partial charge in [-0.25, -0.2) is 0 Å². The van der Waals surface area contributed by atoms with E-state index in [2.05, 4.69) is 33.8 Å². The Hall–Kier alpha value is -1.78. The first-order chi connectivity index (χ1) is 28.7. The molecule has 0 amide bonds. The van der Waals surface area contributed by atoms with Crippen LogP contribution in [-0.4, -0.2) is 118 Å². The van der Waals surface area contributed by atoms with E-state index >= 15 is 0 Å². The zero-order valence-corrected chi connectivity index (χ0v) is 37.7. The van der Waals surface area contributed by atoms with Gasteiger partial charge in [0.25, 0.3) is 0 Å². The number of rotatable bonds is 1. The van der Waals surface area contributed by atoms with Crippen molar-refractivity contribution in [3.63, 3.8) is 0 Å². The molecule has 342 valence electrons. The number of hydrogen-bond donors (Lipinski definition) is 2. The maximum Gasteiger partial charge on any atom is 0.311 e. The molecule has 13 nitrogen and oxygen atoms in total. The molecule has 0 aromatic carbocycles. The van der Waals surface area contributed by atoms with Crippen molar-refractivity contribution in [3.8, 4) is 0 Å². The Labute approximate surface area is 361 Å². The van der Waals surface area contributed by atoms with E-state index in [0.29, 0.717) is 38.5 Å². The van der Waals surface area contributed by atoms with Crippen LogP contribution in [0, 0.1) is 23.7 Å². The lowest BCUT2D eigenvalue weighted by Gasteiger charge is -2.47. The van der Waals surface area contributed by atoms with Crippen LogP contribution in [0.15, 0.2) is 23.8 Å². The van der Waals surface area contributed by atoms with Gasteiger partial charge in [0.15, 0.2) is 17.4 Å². The molecule has 13 heteroatoms. The van der Waals surface area contributed by atoms with Crippen LogP contribution in [0.3, 0.4) is 0 Å². The number of Topliss-reactive ketones (excluding diaryl/α,β-unsaturated/α-hetero) is 1. The predicted molar refractivity (Wildman–Crippen MR) is 221 cm³/mol. The Bertz CT molecular complexity index is 1750. The van der Waals surface area contributed by atoms with Crippen LogP contribution in [0.5, 0.6) is 0 Å². The third kappa shape index (κ3) is 8.15. The lowest BCUT2D eigenvalue weighted by Crippen LogP contribution is -2.59. The standard InChI is InChI=1S/C48H72O13/c1-27-11-12-35-36(23-39(54-35)48(52)41(50)29(3)15-21-53-48)55-42(51)30(4)33-10-9-16-46(56-33)18-13-34(57-46)31(5)45(8)25-32(49)40(60-45)37-26-44(7)19-20-47(58-37,61-44)38-14-17-43(6,59-38)24-28(2)22-27/h11-12,22,28-31,33-41,50,52H,9-10,13-21,23-26H2,1-8H3/b12-11+,27-22-/t28-,29+,30+,31-,33-,34-,35?,36+,37+,38+,39?,40?,41+,43+,44-,45+,46-,47-,48+/m1/s1. The second-order valence-corrected chi connectivity index (χ2v) is 21.6. The molecule has 9 rings (SSSR count). The highest BCUT2D eigenvalue weighted by molar-refractivity contribution is 5.86. The van der Waals surface area contributed by atoms with E-state index in [-0.39, 0.29) is 55.2 Å². The summed E-state index contributed by atoms with van der Waals surface area (Å²) < 4.78 is 59.9. The molecule has 10 bridgehead atoms. The van der Waals surface area contributed by atoms with Gasteiger partial charge in [-0.15, -0.1) is 0 Å². The number of hydrogen-bond acceptors (Lipinski definition) is 13. The van der Waals surface area contributed by atoms with Crippen molar-refractivity contribution in [2.45, 2.75) is 234 Å². The lowest BCUT2D eigenvalue weighted by molar-refractivity contribution is -0.359. The second kappa shape index (κ2) is 16.0. The van der Waals surface area contributed by atoms with Gasteiger partial charge in [0, 0.05) is 44.4 Å². The summed E-state index contributed by atoms with van der Waals surface area (Å²) in [4.78, 5) is 28.1. The van der Waals surface area contributed by atoms with Gasteiger partial charge < -0.3 is 52.8 Å². The van der Waals surface area contributed by atoms with Gasteiger partial charge in [-0.2, -0.15) is 0 Å². The number of carbonyl (C=O) groups is 2. The summed E-state index contributed by atoms with van der Waals surface area (Å²) in [6, 6.07) is 0. The number of allylic oxidation sites excluding steroid dienone is 3. The first-order valence-electron chi connectivity index (χ1n) is 23.6. The molecule has 3 unspecified atom stereocenters. The molecule has 9 aliphatic heterocycles. The summed E-state index contributed by atoms with van der Waals surface area (Å²) in [5.74, 6) is -4.84. The van der Waals surface area contributed by atoms with E-state index in [4.69, 9.17) is 42.6 Å². The summed E-state index contributed by atoms with van der Waals surface area (Å²) in [5, 5.41) is 22.9. The van der Waals surface area contributed by atoms with Crippen LogP contribution in [-0.2, 0) is 52.2 Å². The molecule has 9 heterocycles. The molecule has 9 aliphatic rings. The van der Waals surface area contributed by atoms with Crippen molar-refractivity contribution in [2.75, 3.05) is 6.61 Å². The van der Waals surface area contributed by atoms with Gasteiger partial charge >= 0.3 is 5.97 Å². The minimum absolute atomic E-state index is 0.0559. The fraction of sp³-hybridized carbons (Fsp3) is 0.875. The molecule has 0 radical (unpaired) electrons. The number of ether oxygens (including phenoxy) is 9. The molecular weight excluding hydrogens is 785 g/mol. The maximum absolute atomic E-state index is 14.1. The number of ketones is 1. The molecule has 8 saturated heterocycles. The quantitative estimate of drug-likeness (QED) is 0.275. The highest BCUT2D eigenvalue weighted by Crippen LogP contribution is 2.56. The number of aliphatic hydroxyl groups is 2. The fourth-order valence-corrected chi connectivity index (χ4v) is 12.7. The van der Waals surface area contributed by atoms with Gasteiger partial charge in [-0.3, -0.25) is 9.59 Å². The van der Waals surface area contributed by atoms with Gasteiger partial charge in [0.1, 0.15) is 36.6 Å². The third-order valence-electron chi connectivity index (χ3n) is 16.5. The molecule has 0 aromatic heterocycles. The topological polar surface area (TPSA) is 158 Å². The summed E-state index contributed by atoms with van der Waals surface area (Å²) in [6.07, 6.45) is 9.72. The van der Waals surface area contributed by atoms with Crippen molar-refractivity contribution >= 4 is 11.8 Å². The molecule has 8 fully saturated rings. The minimum atomic E-state index is -1.93. The summed E-state index contributed by atoms with van der Waals surface area (Å²) in [6.45, 7) is 16.7. The molecule has 2 N–H and O–H groups in total. The zero-order chi connectivity index (χ0) is 43.3. The van der Waals surface area contributed by atoms with Crippen LogP contribution in [0.25, 0.3) is 0 Å². The number of carbonyl (C=O) groups excluding carboxylic acids is 2. The van der Waals surface area contributed by atoms with Crippen LogP contribution < -0.4 is 0 Å². The minimum Gasteiger partial charge on any atom is -0.459 e. The maximum atomic E-state index is 14.1.